The minimum atomic E-state index is -0.210. The highest BCUT2D eigenvalue weighted by Crippen LogP contribution is 2.21. The van der Waals surface area contributed by atoms with Gasteiger partial charge in [-0.05, 0) is 57.9 Å². The molecule has 0 spiro atoms. The van der Waals surface area contributed by atoms with Gasteiger partial charge in [0.2, 0.25) is 0 Å². The predicted molar refractivity (Wildman–Crippen MR) is 80.8 cm³/mol. The number of nitrogens with one attached hydrogen (secondary N) is 1. The molecule has 1 N–H and O–H groups in total. The SMILES string of the molecule is CC(NCCCCC(C)(C)C#N)c1ccc(C#N)cc1. The Morgan fingerprint density at radius 1 is 1.15 bits per heavy atom. The fourth-order valence-electron chi connectivity index (χ4n) is 2.03. The van der Waals surface area contributed by atoms with Gasteiger partial charge in [0, 0.05) is 6.04 Å². The fraction of sp³-hybridized carbons (Fsp3) is 0.529. The van der Waals surface area contributed by atoms with Gasteiger partial charge in [-0.25, -0.2) is 0 Å². The van der Waals surface area contributed by atoms with E-state index in [9.17, 15) is 0 Å². The number of unbranched alkanes of at least 4 members (excludes halogenated alkanes) is 1. The highest BCUT2D eigenvalue weighted by Gasteiger charge is 2.15. The third-order valence-corrected chi connectivity index (χ3v) is 3.52. The van der Waals surface area contributed by atoms with Crippen molar-refractivity contribution in [2.24, 2.45) is 5.41 Å². The number of nitrogens with zero attached hydrogens (tertiary/aromatic N) is 2. The lowest BCUT2D eigenvalue weighted by molar-refractivity contribution is 0.418. The second kappa shape index (κ2) is 7.68. The highest BCUT2D eigenvalue weighted by molar-refractivity contribution is 5.32. The maximum Gasteiger partial charge on any atom is 0.0991 e. The van der Waals surface area contributed by atoms with Crippen molar-refractivity contribution in [2.45, 2.75) is 46.1 Å². The van der Waals surface area contributed by atoms with E-state index in [1.807, 2.05) is 38.1 Å². The van der Waals surface area contributed by atoms with E-state index in [4.69, 9.17) is 10.5 Å². The molecule has 1 rings (SSSR count). The van der Waals surface area contributed by atoms with Crippen LogP contribution in [0.4, 0.5) is 0 Å². The van der Waals surface area contributed by atoms with Crippen molar-refractivity contribution in [2.75, 3.05) is 6.54 Å². The molecule has 0 bridgehead atoms. The minimum Gasteiger partial charge on any atom is -0.310 e. The zero-order valence-corrected chi connectivity index (χ0v) is 12.6. The molecule has 3 heteroatoms. The summed E-state index contributed by atoms with van der Waals surface area (Å²) in [5.74, 6) is 0. The van der Waals surface area contributed by atoms with E-state index in [1.165, 1.54) is 5.56 Å². The molecular weight excluding hydrogens is 246 g/mol. The molecule has 1 unspecified atom stereocenters. The molecule has 0 radical (unpaired) electrons. The van der Waals surface area contributed by atoms with Crippen LogP contribution >= 0.6 is 0 Å². The lowest BCUT2D eigenvalue weighted by Crippen LogP contribution is -2.20. The number of hydrogen-bond acceptors (Lipinski definition) is 3. The predicted octanol–water partition coefficient (Wildman–Crippen LogP) is 3.93. The zero-order chi connectivity index (χ0) is 15.0. The summed E-state index contributed by atoms with van der Waals surface area (Å²) in [5, 5.41) is 21.2. The van der Waals surface area contributed by atoms with Gasteiger partial charge >= 0.3 is 0 Å². The Kier molecular flexibility index (Phi) is 6.22. The van der Waals surface area contributed by atoms with Crippen molar-refractivity contribution in [3.05, 3.63) is 35.4 Å². The number of nitriles is 2. The van der Waals surface area contributed by atoms with Crippen LogP contribution in [-0.4, -0.2) is 6.54 Å². The Bertz CT molecular complexity index is 488. The second-order valence-electron chi connectivity index (χ2n) is 5.86. The van der Waals surface area contributed by atoms with Crippen LogP contribution in [-0.2, 0) is 0 Å². The van der Waals surface area contributed by atoms with E-state index < -0.39 is 0 Å². The van der Waals surface area contributed by atoms with Gasteiger partial charge in [0.15, 0.2) is 0 Å². The molecule has 0 aliphatic carbocycles. The number of rotatable bonds is 7. The monoisotopic (exact) mass is 269 g/mol. The topological polar surface area (TPSA) is 59.6 Å². The molecule has 0 amide bonds. The third-order valence-electron chi connectivity index (χ3n) is 3.52. The van der Waals surface area contributed by atoms with Gasteiger partial charge < -0.3 is 5.32 Å². The Morgan fingerprint density at radius 2 is 1.80 bits per heavy atom. The Balaban J connectivity index is 2.28. The van der Waals surface area contributed by atoms with Crippen molar-refractivity contribution in [1.29, 1.82) is 10.5 Å². The molecule has 0 aliphatic heterocycles. The molecule has 3 nitrogen and oxygen atoms in total. The third kappa shape index (κ3) is 5.43. The first kappa shape index (κ1) is 16.2. The van der Waals surface area contributed by atoms with Gasteiger partial charge in [0.1, 0.15) is 0 Å². The molecule has 0 saturated heterocycles. The quantitative estimate of drug-likeness (QED) is 0.763. The molecule has 1 aromatic carbocycles. The number of benzene rings is 1. The first-order valence-corrected chi connectivity index (χ1v) is 7.13. The van der Waals surface area contributed by atoms with Crippen LogP contribution in [0.15, 0.2) is 24.3 Å². The molecule has 0 aliphatic rings. The average Bonchev–Trinajstić information content (AvgIpc) is 2.46. The smallest absolute Gasteiger partial charge is 0.0991 e. The standard InChI is InChI=1S/C17H23N3/c1-14(16-8-6-15(12-18)7-9-16)20-11-5-4-10-17(2,3)13-19/h6-9,14,20H,4-5,10-11H2,1-3H3. The Hall–Kier alpha value is -1.84. The van der Waals surface area contributed by atoms with Crippen LogP contribution in [0.1, 0.15) is 57.2 Å². The summed E-state index contributed by atoms with van der Waals surface area (Å²) < 4.78 is 0. The first-order valence-electron chi connectivity index (χ1n) is 7.13. The van der Waals surface area contributed by atoms with Gasteiger partial charge in [-0.3, -0.25) is 0 Å². The summed E-state index contributed by atoms with van der Waals surface area (Å²) in [4.78, 5) is 0. The van der Waals surface area contributed by atoms with Crippen molar-refractivity contribution < 1.29 is 0 Å². The lowest BCUT2D eigenvalue weighted by atomic mass is 9.89. The van der Waals surface area contributed by atoms with Gasteiger partial charge in [-0.1, -0.05) is 18.6 Å². The summed E-state index contributed by atoms with van der Waals surface area (Å²) in [7, 11) is 0. The van der Waals surface area contributed by atoms with Crippen LogP contribution in [0.3, 0.4) is 0 Å². The van der Waals surface area contributed by atoms with Crippen molar-refractivity contribution in [1.82, 2.24) is 5.32 Å². The maximum absolute atomic E-state index is 8.94. The van der Waals surface area contributed by atoms with Gasteiger partial charge in [0.25, 0.3) is 0 Å². The van der Waals surface area contributed by atoms with E-state index in [2.05, 4.69) is 24.4 Å². The summed E-state index contributed by atoms with van der Waals surface area (Å²) in [6, 6.07) is 12.4. The molecule has 0 saturated carbocycles. The highest BCUT2D eigenvalue weighted by atomic mass is 14.9. The van der Waals surface area contributed by atoms with E-state index in [0.29, 0.717) is 5.56 Å². The van der Waals surface area contributed by atoms with Crippen molar-refractivity contribution in [3.8, 4) is 12.1 Å². The molecular formula is C17H23N3. The molecule has 0 aromatic heterocycles. The van der Waals surface area contributed by atoms with Gasteiger partial charge in [0.05, 0.1) is 23.1 Å². The minimum absolute atomic E-state index is 0.210. The molecule has 1 aromatic rings. The Morgan fingerprint density at radius 3 is 2.35 bits per heavy atom. The molecule has 20 heavy (non-hydrogen) atoms. The van der Waals surface area contributed by atoms with E-state index in [-0.39, 0.29) is 11.5 Å². The molecule has 0 heterocycles. The molecule has 1 atom stereocenters. The molecule has 0 fully saturated rings. The van der Waals surface area contributed by atoms with E-state index in [0.717, 1.165) is 25.8 Å². The fourth-order valence-corrected chi connectivity index (χ4v) is 2.03. The van der Waals surface area contributed by atoms with Crippen LogP contribution in [0.5, 0.6) is 0 Å². The van der Waals surface area contributed by atoms with Crippen molar-refractivity contribution >= 4 is 0 Å². The van der Waals surface area contributed by atoms with Gasteiger partial charge in [-0.2, -0.15) is 10.5 Å². The van der Waals surface area contributed by atoms with Crippen LogP contribution in [0, 0.1) is 28.1 Å². The average molecular weight is 269 g/mol. The lowest BCUT2D eigenvalue weighted by Gasteiger charge is -2.16. The first-order chi connectivity index (χ1) is 9.48. The van der Waals surface area contributed by atoms with Crippen LogP contribution in [0.25, 0.3) is 0 Å². The number of hydrogen-bond donors (Lipinski definition) is 1. The summed E-state index contributed by atoms with van der Waals surface area (Å²) in [5.41, 5.74) is 1.68. The summed E-state index contributed by atoms with van der Waals surface area (Å²) in [6.45, 7) is 7.04. The molecule has 106 valence electrons. The summed E-state index contributed by atoms with van der Waals surface area (Å²) in [6.07, 6.45) is 3.08. The second-order valence-corrected chi connectivity index (χ2v) is 5.86. The largest absolute Gasteiger partial charge is 0.310 e. The Labute approximate surface area is 122 Å². The van der Waals surface area contributed by atoms with Crippen LogP contribution in [0.2, 0.25) is 0 Å². The van der Waals surface area contributed by atoms with Crippen molar-refractivity contribution in [3.63, 3.8) is 0 Å². The van der Waals surface area contributed by atoms with Crippen LogP contribution < -0.4 is 5.32 Å². The van der Waals surface area contributed by atoms with E-state index in [1.54, 1.807) is 0 Å². The summed E-state index contributed by atoms with van der Waals surface area (Å²) >= 11 is 0. The maximum atomic E-state index is 8.94. The zero-order valence-electron chi connectivity index (χ0n) is 12.6. The van der Waals surface area contributed by atoms with E-state index >= 15 is 0 Å². The van der Waals surface area contributed by atoms with Gasteiger partial charge in [-0.15, -0.1) is 0 Å². The normalized spacial score (nSPS) is 12.4.